The predicted molar refractivity (Wildman–Crippen MR) is 78.7 cm³/mol. The second kappa shape index (κ2) is 5.55. The van der Waals surface area contributed by atoms with Gasteiger partial charge in [0.05, 0.1) is 0 Å². The van der Waals surface area contributed by atoms with Crippen LogP contribution in [0.3, 0.4) is 0 Å². The van der Waals surface area contributed by atoms with Gasteiger partial charge in [-0.2, -0.15) is 0 Å². The maximum absolute atomic E-state index is 5.72. The van der Waals surface area contributed by atoms with E-state index in [2.05, 4.69) is 47.9 Å². The highest BCUT2D eigenvalue weighted by Gasteiger charge is 2.14. The lowest BCUT2D eigenvalue weighted by Crippen LogP contribution is -2.29. The minimum absolute atomic E-state index is 0.181. The zero-order chi connectivity index (χ0) is 13.1. The Morgan fingerprint density at radius 3 is 2.58 bits per heavy atom. The molecule has 1 atom stereocenters. The van der Waals surface area contributed by atoms with E-state index in [1.807, 2.05) is 6.07 Å². The number of nitrogens with one attached hydrogen (secondary N) is 1. The van der Waals surface area contributed by atoms with Gasteiger partial charge in [0.15, 0.2) is 0 Å². The van der Waals surface area contributed by atoms with E-state index < -0.39 is 0 Å². The Balaban J connectivity index is 1.80. The Hall–Kier alpha value is -1.64. The highest BCUT2D eigenvalue weighted by Crippen LogP contribution is 2.25. The molecule has 0 fully saturated rings. The van der Waals surface area contributed by atoms with E-state index in [0.717, 1.165) is 6.42 Å². The Morgan fingerprint density at radius 1 is 1.00 bits per heavy atom. The zero-order valence-corrected chi connectivity index (χ0v) is 11.1. The molecular weight excluding hydrogens is 232 g/mol. The van der Waals surface area contributed by atoms with Gasteiger partial charge >= 0.3 is 0 Å². The quantitative estimate of drug-likeness (QED) is 0.648. The van der Waals surface area contributed by atoms with Crippen LogP contribution in [0.2, 0.25) is 0 Å². The topological polar surface area (TPSA) is 38.0 Å². The maximum atomic E-state index is 5.72. The summed E-state index contributed by atoms with van der Waals surface area (Å²) in [5, 5.41) is 0. The maximum Gasteiger partial charge on any atom is 0.0500 e. The van der Waals surface area contributed by atoms with Gasteiger partial charge < -0.3 is 0 Å². The zero-order valence-electron chi connectivity index (χ0n) is 11.1. The standard InChI is InChI=1S/C17H20N2/c18-19-17(15-5-2-1-3-6-15)12-13-9-10-14-7-4-8-16(14)11-13/h1-3,5-6,9-11,17,19H,4,7-8,12,18H2. The molecule has 0 radical (unpaired) electrons. The van der Waals surface area contributed by atoms with E-state index in [9.17, 15) is 0 Å². The van der Waals surface area contributed by atoms with Crippen molar-refractivity contribution in [3.63, 3.8) is 0 Å². The van der Waals surface area contributed by atoms with Gasteiger partial charge in [-0.15, -0.1) is 0 Å². The predicted octanol–water partition coefficient (Wildman–Crippen LogP) is 2.92. The lowest BCUT2D eigenvalue weighted by Gasteiger charge is -2.17. The fraction of sp³-hybridized carbons (Fsp3) is 0.294. The van der Waals surface area contributed by atoms with Gasteiger partial charge in [0.1, 0.15) is 0 Å². The summed E-state index contributed by atoms with van der Waals surface area (Å²) < 4.78 is 0. The van der Waals surface area contributed by atoms with Crippen molar-refractivity contribution in [2.75, 3.05) is 0 Å². The van der Waals surface area contributed by atoms with Crippen LogP contribution in [-0.2, 0) is 19.3 Å². The summed E-state index contributed by atoms with van der Waals surface area (Å²) in [4.78, 5) is 0. The molecule has 0 spiro atoms. The average molecular weight is 252 g/mol. The lowest BCUT2D eigenvalue weighted by molar-refractivity contribution is 0.552. The van der Waals surface area contributed by atoms with Crippen molar-refractivity contribution in [1.29, 1.82) is 0 Å². The molecule has 0 aromatic heterocycles. The number of aryl methyl sites for hydroxylation is 2. The normalized spacial score (nSPS) is 15.2. The summed E-state index contributed by atoms with van der Waals surface area (Å²) in [6, 6.07) is 17.5. The number of hydrogen-bond donors (Lipinski definition) is 2. The third-order valence-corrected chi connectivity index (χ3v) is 4.01. The molecule has 0 amide bonds. The Labute approximate surface area is 114 Å². The first-order valence-electron chi connectivity index (χ1n) is 6.98. The lowest BCUT2D eigenvalue weighted by atomic mass is 9.97. The molecular formula is C17H20N2. The van der Waals surface area contributed by atoms with Crippen molar-refractivity contribution in [3.05, 3.63) is 70.8 Å². The number of hydrogen-bond acceptors (Lipinski definition) is 2. The Kier molecular flexibility index (Phi) is 3.62. The molecule has 1 aliphatic carbocycles. The van der Waals surface area contributed by atoms with Gasteiger partial charge in [-0.1, -0.05) is 48.5 Å². The van der Waals surface area contributed by atoms with Crippen LogP contribution in [0.25, 0.3) is 0 Å². The van der Waals surface area contributed by atoms with Crippen molar-refractivity contribution >= 4 is 0 Å². The van der Waals surface area contributed by atoms with Crippen molar-refractivity contribution in [2.45, 2.75) is 31.7 Å². The van der Waals surface area contributed by atoms with Gasteiger partial charge in [-0.3, -0.25) is 11.3 Å². The smallest absolute Gasteiger partial charge is 0.0500 e. The van der Waals surface area contributed by atoms with Crippen molar-refractivity contribution in [1.82, 2.24) is 5.43 Å². The van der Waals surface area contributed by atoms with Gasteiger partial charge in [-0.05, 0) is 47.9 Å². The molecule has 2 heteroatoms. The minimum Gasteiger partial charge on any atom is -0.271 e. The van der Waals surface area contributed by atoms with Gasteiger partial charge in [-0.25, -0.2) is 0 Å². The van der Waals surface area contributed by atoms with Crippen LogP contribution >= 0.6 is 0 Å². The molecule has 2 aromatic carbocycles. The van der Waals surface area contributed by atoms with Gasteiger partial charge in [0.2, 0.25) is 0 Å². The van der Waals surface area contributed by atoms with Crippen LogP contribution in [0.5, 0.6) is 0 Å². The number of nitrogens with two attached hydrogens (primary N) is 1. The molecule has 1 unspecified atom stereocenters. The van der Waals surface area contributed by atoms with E-state index in [-0.39, 0.29) is 6.04 Å². The molecule has 0 saturated heterocycles. The summed E-state index contributed by atoms with van der Waals surface area (Å²) >= 11 is 0. The molecule has 3 rings (SSSR count). The molecule has 0 aliphatic heterocycles. The number of rotatable bonds is 4. The molecule has 19 heavy (non-hydrogen) atoms. The van der Waals surface area contributed by atoms with E-state index in [0.29, 0.717) is 0 Å². The third kappa shape index (κ3) is 2.70. The minimum atomic E-state index is 0.181. The summed E-state index contributed by atoms with van der Waals surface area (Å²) in [5.74, 6) is 5.72. The van der Waals surface area contributed by atoms with Crippen molar-refractivity contribution < 1.29 is 0 Å². The van der Waals surface area contributed by atoms with E-state index in [1.165, 1.54) is 41.5 Å². The average Bonchev–Trinajstić information content (AvgIpc) is 2.93. The van der Waals surface area contributed by atoms with Crippen molar-refractivity contribution in [2.24, 2.45) is 5.84 Å². The molecule has 1 aliphatic rings. The van der Waals surface area contributed by atoms with Gasteiger partial charge in [0.25, 0.3) is 0 Å². The van der Waals surface area contributed by atoms with Crippen LogP contribution in [0.15, 0.2) is 48.5 Å². The highest BCUT2D eigenvalue weighted by molar-refractivity contribution is 5.36. The largest absolute Gasteiger partial charge is 0.271 e. The highest BCUT2D eigenvalue weighted by atomic mass is 15.2. The Bertz CT molecular complexity index is 548. The van der Waals surface area contributed by atoms with Crippen LogP contribution in [0, 0.1) is 0 Å². The summed E-state index contributed by atoms with van der Waals surface area (Å²) in [6.45, 7) is 0. The molecule has 2 aromatic rings. The van der Waals surface area contributed by atoms with Crippen LogP contribution < -0.4 is 11.3 Å². The molecule has 3 N–H and O–H groups in total. The van der Waals surface area contributed by atoms with Crippen LogP contribution in [0.1, 0.15) is 34.7 Å². The number of benzene rings is 2. The van der Waals surface area contributed by atoms with E-state index in [1.54, 1.807) is 0 Å². The first-order chi connectivity index (χ1) is 9.36. The SMILES string of the molecule is NNC(Cc1ccc2c(c1)CCC2)c1ccccc1. The van der Waals surface area contributed by atoms with E-state index >= 15 is 0 Å². The summed E-state index contributed by atoms with van der Waals surface area (Å²) in [5.41, 5.74) is 8.60. The summed E-state index contributed by atoms with van der Waals surface area (Å²) in [6.07, 6.45) is 4.71. The number of hydrazine groups is 1. The summed E-state index contributed by atoms with van der Waals surface area (Å²) in [7, 11) is 0. The fourth-order valence-corrected chi connectivity index (χ4v) is 2.95. The number of fused-ring (bicyclic) bond motifs is 1. The monoisotopic (exact) mass is 252 g/mol. The molecule has 0 saturated carbocycles. The van der Waals surface area contributed by atoms with Crippen molar-refractivity contribution in [3.8, 4) is 0 Å². The van der Waals surface area contributed by atoms with Crippen LogP contribution in [0.4, 0.5) is 0 Å². The molecule has 2 nitrogen and oxygen atoms in total. The van der Waals surface area contributed by atoms with Crippen LogP contribution in [-0.4, -0.2) is 0 Å². The third-order valence-electron chi connectivity index (χ3n) is 4.01. The second-order valence-corrected chi connectivity index (χ2v) is 5.29. The molecule has 0 heterocycles. The molecule has 98 valence electrons. The van der Waals surface area contributed by atoms with Gasteiger partial charge in [0, 0.05) is 6.04 Å². The van der Waals surface area contributed by atoms with E-state index in [4.69, 9.17) is 5.84 Å². The Morgan fingerprint density at radius 2 is 1.79 bits per heavy atom. The first-order valence-corrected chi connectivity index (χ1v) is 6.98. The fourth-order valence-electron chi connectivity index (χ4n) is 2.95. The molecule has 0 bridgehead atoms. The second-order valence-electron chi connectivity index (χ2n) is 5.29. The first kappa shape index (κ1) is 12.4.